The van der Waals surface area contributed by atoms with Gasteiger partial charge in [-0.15, -0.1) is 0 Å². The van der Waals surface area contributed by atoms with Crippen molar-refractivity contribution in [3.63, 3.8) is 0 Å². The molecule has 9 heteroatoms. The third kappa shape index (κ3) is 8.50. The predicted octanol–water partition coefficient (Wildman–Crippen LogP) is 5.54. The normalized spacial score (nSPS) is 11.3. The van der Waals surface area contributed by atoms with Crippen molar-refractivity contribution in [1.82, 2.24) is 10.3 Å². The number of carbonyl (C=O) groups is 3. The van der Waals surface area contributed by atoms with E-state index in [4.69, 9.17) is 14.2 Å². The lowest BCUT2D eigenvalue weighted by Gasteiger charge is -2.20. The van der Waals surface area contributed by atoms with E-state index in [-0.39, 0.29) is 18.1 Å². The Balaban J connectivity index is 1.93. The summed E-state index contributed by atoms with van der Waals surface area (Å²) >= 11 is 0. The molecule has 0 atom stereocenters. The summed E-state index contributed by atoms with van der Waals surface area (Å²) in [4.78, 5) is 41.8. The highest BCUT2D eigenvalue weighted by Gasteiger charge is 2.20. The number of amides is 2. The lowest BCUT2D eigenvalue weighted by atomic mass is 10.0. The summed E-state index contributed by atoms with van der Waals surface area (Å²) in [6.45, 7) is 5.22. The number of anilines is 1. The highest BCUT2D eigenvalue weighted by molar-refractivity contribution is 5.98. The number of carbonyl (C=O) groups excluding carboxylic acids is 3. The molecule has 9 nitrogen and oxygen atoms in total. The topological polar surface area (TPSA) is 116 Å². The SMILES string of the molecule is COC(=O)/C(=C/c1cc(-c2ccccc2)cnc1NC(=O)OC(C)(C)C)NC(=O)OCc1ccccc1. The number of ether oxygens (including phenoxy) is 3. The first-order chi connectivity index (χ1) is 17.6. The Labute approximate surface area is 215 Å². The minimum Gasteiger partial charge on any atom is -0.464 e. The lowest BCUT2D eigenvalue weighted by Crippen LogP contribution is -2.29. The van der Waals surface area contributed by atoms with E-state index in [1.165, 1.54) is 13.2 Å². The average molecular weight is 504 g/mol. The average Bonchev–Trinajstić information content (AvgIpc) is 2.87. The smallest absolute Gasteiger partial charge is 0.413 e. The highest BCUT2D eigenvalue weighted by Crippen LogP contribution is 2.25. The van der Waals surface area contributed by atoms with Crippen LogP contribution in [0.4, 0.5) is 15.4 Å². The van der Waals surface area contributed by atoms with Crippen molar-refractivity contribution in [1.29, 1.82) is 0 Å². The summed E-state index contributed by atoms with van der Waals surface area (Å²) in [6, 6.07) is 20.2. The van der Waals surface area contributed by atoms with Crippen molar-refractivity contribution in [2.75, 3.05) is 12.4 Å². The molecule has 2 amide bonds. The number of methoxy groups -OCH3 is 1. The lowest BCUT2D eigenvalue weighted by molar-refractivity contribution is -0.136. The van der Waals surface area contributed by atoms with Gasteiger partial charge in [-0.05, 0) is 44.0 Å². The molecule has 0 bridgehead atoms. The summed E-state index contributed by atoms with van der Waals surface area (Å²) in [5, 5.41) is 5.01. The molecular weight excluding hydrogens is 474 g/mol. The number of nitrogens with one attached hydrogen (secondary N) is 2. The van der Waals surface area contributed by atoms with Crippen LogP contribution in [0.1, 0.15) is 31.9 Å². The second-order valence-electron chi connectivity index (χ2n) is 8.89. The van der Waals surface area contributed by atoms with Gasteiger partial charge in [-0.25, -0.2) is 19.4 Å². The van der Waals surface area contributed by atoms with Crippen molar-refractivity contribution in [2.24, 2.45) is 0 Å². The molecule has 0 saturated heterocycles. The minimum absolute atomic E-state index is 0.0115. The fourth-order valence-electron chi connectivity index (χ4n) is 3.17. The number of rotatable bonds is 7. The quantitative estimate of drug-likeness (QED) is 0.247. The first kappa shape index (κ1) is 26.9. The molecule has 0 fully saturated rings. The summed E-state index contributed by atoms with van der Waals surface area (Å²) in [6.07, 6.45) is 1.35. The van der Waals surface area contributed by atoms with Crippen LogP contribution in [0.2, 0.25) is 0 Å². The molecule has 1 aromatic heterocycles. The molecule has 0 spiro atoms. The van der Waals surface area contributed by atoms with Crippen molar-refractivity contribution in [2.45, 2.75) is 33.0 Å². The number of hydrogen-bond donors (Lipinski definition) is 2. The van der Waals surface area contributed by atoms with E-state index in [9.17, 15) is 14.4 Å². The molecule has 0 aliphatic carbocycles. The van der Waals surface area contributed by atoms with Crippen LogP contribution in [0.3, 0.4) is 0 Å². The van der Waals surface area contributed by atoms with Crippen LogP contribution in [-0.4, -0.2) is 35.9 Å². The monoisotopic (exact) mass is 503 g/mol. The van der Waals surface area contributed by atoms with E-state index in [0.717, 1.165) is 16.7 Å². The summed E-state index contributed by atoms with van der Waals surface area (Å²) in [5.74, 6) is -0.695. The molecule has 0 aliphatic heterocycles. The van der Waals surface area contributed by atoms with Gasteiger partial charge in [0, 0.05) is 17.3 Å². The Bertz CT molecular complexity index is 1270. The van der Waals surface area contributed by atoms with Crippen molar-refractivity contribution in [3.05, 3.63) is 89.8 Å². The standard InChI is InChI=1S/C28H29N3O6/c1-28(2,3)37-27(34)31-24-21(15-22(17-29-24)20-13-9-6-10-14-20)16-23(25(32)35-4)30-26(33)36-18-19-11-7-5-8-12-19/h5-17H,18H2,1-4H3,(H,30,33)(H,29,31,34)/b23-16-. The molecule has 37 heavy (non-hydrogen) atoms. The molecule has 0 radical (unpaired) electrons. The van der Waals surface area contributed by atoms with Gasteiger partial charge in [0.15, 0.2) is 0 Å². The molecule has 0 unspecified atom stereocenters. The number of pyridine rings is 1. The number of aromatic nitrogens is 1. The Kier molecular flexibility index (Phi) is 8.99. The second-order valence-corrected chi connectivity index (χ2v) is 8.89. The van der Waals surface area contributed by atoms with Gasteiger partial charge in [-0.3, -0.25) is 10.6 Å². The Morgan fingerprint density at radius 1 is 0.919 bits per heavy atom. The summed E-state index contributed by atoms with van der Waals surface area (Å²) in [7, 11) is 1.19. The van der Waals surface area contributed by atoms with Crippen LogP contribution in [0.15, 0.2) is 78.6 Å². The molecule has 2 N–H and O–H groups in total. The van der Waals surface area contributed by atoms with Gasteiger partial charge in [0.2, 0.25) is 0 Å². The fourth-order valence-corrected chi connectivity index (χ4v) is 3.17. The predicted molar refractivity (Wildman–Crippen MR) is 139 cm³/mol. The highest BCUT2D eigenvalue weighted by atomic mass is 16.6. The Morgan fingerprint density at radius 3 is 2.19 bits per heavy atom. The fraction of sp³-hybridized carbons (Fsp3) is 0.214. The van der Waals surface area contributed by atoms with Crippen LogP contribution in [0.25, 0.3) is 17.2 Å². The van der Waals surface area contributed by atoms with Crippen LogP contribution >= 0.6 is 0 Å². The molecule has 2 aromatic carbocycles. The van der Waals surface area contributed by atoms with Crippen molar-refractivity contribution < 1.29 is 28.6 Å². The third-order valence-electron chi connectivity index (χ3n) is 4.80. The summed E-state index contributed by atoms with van der Waals surface area (Å²) in [5.41, 5.74) is 1.76. The second kappa shape index (κ2) is 12.3. The minimum atomic E-state index is -0.852. The maximum Gasteiger partial charge on any atom is 0.413 e. The zero-order valence-corrected chi connectivity index (χ0v) is 21.1. The van der Waals surface area contributed by atoms with E-state index >= 15 is 0 Å². The molecule has 1 heterocycles. The van der Waals surface area contributed by atoms with Gasteiger partial charge in [0.1, 0.15) is 23.7 Å². The number of esters is 1. The van der Waals surface area contributed by atoms with Crippen LogP contribution in [0, 0.1) is 0 Å². The van der Waals surface area contributed by atoms with Crippen LogP contribution < -0.4 is 10.6 Å². The molecule has 3 aromatic rings. The molecular formula is C28H29N3O6. The zero-order valence-electron chi connectivity index (χ0n) is 21.1. The number of alkyl carbamates (subject to hydrolysis) is 1. The Hall–Kier alpha value is -4.66. The van der Waals surface area contributed by atoms with Gasteiger partial charge >= 0.3 is 18.2 Å². The van der Waals surface area contributed by atoms with E-state index in [1.54, 1.807) is 45.2 Å². The van der Waals surface area contributed by atoms with Gasteiger partial charge in [-0.2, -0.15) is 0 Å². The van der Waals surface area contributed by atoms with E-state index in [0.29, 0.717) is 5.56 Å². The number of benzene rings is 2. The first-order valence-corrected chi connectivity index (χ1v) is 11.5. The van der Waals surface area contributed by atoms with Crippen LogP contribution in [-0.2, 0) is 25.6 Å². The zero-order chi connectivity index (χ0) is 26.8. The molecule has 192 valence electrons. The first-order valence-electron chi connectivity index (χ1n) is 11.5. The van der Waals surface area contributed by atoms with Gasteiger partial charge in [-0.1, -0.05) is 60.7 Å². The maximum absolute atomic E-state index is 12.5. The van der Waals surface area contributed by atoms with E-state index < -0.39 is 23.8 Å². The van der Waals surface area contributed by atoms with E-state index in [1.807, 2.05) is 48.5 Å². The van der Waals surface area contributed by atoms with Crippen molar-refractivity contribution in [3.8, 4) is 11.1 Å². The Morgan fingerprint density at radius 2 is 1.57 bits per heavy atom. The molecule has 0 saturated carbocycles. The van der Waals surface area contributed by atoms with E-state index in [2.05, 4.69) is 15.6 Å². The summed E-state index contributed by atoms with van der Waals surface area (Å²) < 4.78 is 15.4. The maximum atomic E-state index is 12.5. The largest absolute Gasteiger partial charge is 0.464 e. The molecule has 3 rings (SSSR count). The number of nitrogens with zero attached hydrogens (tertiary/aromatic N) is 1. The van der Waals surface area contributed by atoms with Crippen LogP contribution in [0.5, 0.6) is 0 Å². The van der Waals surface area contributed by atoms with Crippen molar-refractivity contribution >= 4 is 30.0 Å². The third-order valence-corrected chi connectivity index (χ3v) is 4.80. The molecule has 0 aliphatic rings. The van der Waals surface area contributed by atoms with Gasteiger partial charge < -0.3 is 14.2 Å². The van der Waals surface area contributed by atoms with Gasteiger partial charge in [0.05, 0.1) is 7.11 Å². The number of hydrogen-bond acceptors (Lipinski definition) is 7. The van der Waals surface area contributed by atoms with Gasteiger partial charge in [0.25, 0.3) is 0 Å².